The van der Waals surface area contributed by atoms with Crippen molar-refractivity contribution >= 4 is 5.97 Å². The number of ether oxygens (including phenoxy) is 1. The zero-order valence-corrected chi connectivity index (χ0v) is 9.31. The van der Waals surface area contributed by atoms with Crippen LogP contribution in [0.3, 0.4) is 0 Å². The first-order chi connectivity index (χ1) is 4.22. The Morgan fingerprint density at radius 1 is 1.60 bits per heavy atom. The van der Waals surface area contributed by atoms with Crippen LogP contribution in [0.2, 0.25) is 0 Å². The van der Waals surface area contributed by atoms with Crippen LogP contribution in [0.1, 0.15) is 28.6 Å². The molecule has 2 nitrogen and oxygen atoms in total. The molecule has 0 aliphatic rings. The molecule has 0 aliphatic carbocycles. The van der Waals surface area contributed by atoms with Gasteiger partial charge in [-0.1, -0.05) is 13.8 Å². The molecule has 0 amide bonds. The molecule has 0 heterocycles. The van der Waals surface area contributed by atoms with E-state index >= 15 is 0 Å². The van der Waals surface area contributed by atoms with Crippen molar-refractivity contribution in [1.82, 2.24) is 0 Å². The summed E-state index contributed by atoms with van der Waals surface area (Å²) >= 11 is 0. The standard InChI is InChI=1S/C7H14O2.Na.H/c1-4-6(3)7(8)9-5-2;;/h6H,4-5H2,1-3H3;;/q;+1;-1. The Bertz CT molecular complexity index is 98.4. The average Bonchev–Trinajstić information content (AvgIpc) is 1.87. The summed E-state index contributed by atoms with van der Waals surface area (Å²) in [6, 6.07) is 0. The fourth-order valence-corrected chi connectivity index (χ4v) is 0.451. The van der Waals surface area contributed by atoms with Crippen LogP contribution in [0.5, 0.6) is 0 Å². The molecule has 0 aliphatic heterocycles. The van der Waals surface area contributed by atoms with Crippen LogP contribution >= 0.6 is 0 Å². The topological polar surface area (TPSA) is 26.3 Å². The van der Waals surface area contributed by atoms with Gasteiger partial charge < -0.3 is 6.16 Å². The third-order valence-corrected chi connectivity index (χ3v) is 1.30. The second kappa shape index (κ2) is 7.58. The second-order valence-electron chi connectivity index (χ2n) is 2.06. The average molecular weight is 154 g/mol. The van der Waals surface area contributed by atoms with Crippen LogP contribution in [-0.4, -0.2) is 12.6 Å². The molecular weight excluding hydrogens is 139 g/mol. The van der Waals surface area contributed by atoms with Crippen LogP contribution in [0, 0.1) is 5.92 Å². The molecule has 0 N–H and O–H groups in total. The van der Waals surface area contributed by atoms with Gasteiger partial charge in [0, 0.05) is 0 Å². The maximum Gasteiger partial charge on any atom is 1.00 e. The quantitative estimate of drug-likeness (QED) is 0.373. The number of hydrogen-bond acceptors (Lipinski definition) is 2. The first-order valence-electron chi connectivity index (χ1n) is 3.39. The molecule has 56 valence electrons. The van der Waals surface area contributed by atoms with Gasteiger partial charge in [-0.25, -0.2) is 0 Å². The van der Waals surface area contributed by atoms with Gasteiger partial charge in [-0.3, -0.25) is 4.79 Å². The summed E-state index contributed by atoms with van der Waals surface area (Å²) in [7, 11) is 0. The molecule has 0 rings (SSSR count). The number of rotatable bonds is 3. The van der Waals surface area contributed by atoms with Gasteiger partial charge in [-0.15, -0.1) is 0 Å². The summed E-state index contributed by atoms with van der Waals surface area (Å²) in [5.41, 5.74) is 0. The van der Waals surface area contributed by atoms with E-state index in [9.17, 15) is 4.79 Å². The van der Waals surface area contributed by atoms with E-state index in [-0.39, 0.29) is 42.9 Å². The minimum absolute atomic E-state index is 0. The summed E-state index contributed by atoms with van der Waals surface area (Å²) < 4.78 is 4.76. The Balaban J connectivity index is -0.000000320. The van der Waals surface area contributed by atoms with Gasteiger partial charge in [-0.05, 0) is 13.3 Å². The van der Waals surface area contributed by atoms with E-state index in [0.29, 0.717) is 6.61 Å². The Kier molecular flexibility index (Phi) is 9.92. The zero-order valence-electron chi connectivity index (χ0n) is 8.31. The Morgan fingerprint density at radius 3 is 2.40 bits per heavy atom. The molecule has 0 saturated carbocycles. The molecule has 1 atom stereocenters. The van der Waals surface area contributed by atoms with Gasteiger partial charge in [0.15, 0.2) is 0 Å². The first-order valence-corrected chi connectivity index (χ1v) is 3.39. The predicted molar refractivity (Wildman–Crippen MR) is 37.2 cm³/mol. The molecule has 10 heavy (non-hydrogen) atoms. The van der Waals surface area contributed by atoms with E-state index in [0.717, 1.165) is 6.42 Å². The van der Waals surface area contributed by atoms with E-state index in [1.165, 1.54) is 0 Å². The van der Waals surface area contributed by atoms with Gasteiger partial charge in [0.1, 0.15) is 0 Å². The van der Waals surface area contributed by atoms with E-state index < -0.39 is 0 Å². The van der Waals surface area contributed by atoms with Crippen LogP contribution in [-0.2, 0) is 9.53 Å². The fraction of sp³-hybridized carbons (Fsp3) is 0.857. The summed E-state index contributed by atoms with van der Waals surface area (Å²) in [4.78, 5) is 10.8. The molecule has 0 aromatic carbocycles. The number of carbonyl (C=O) groups excluding carboxylic acids is 1. The minimum atomic E-state index is -0.0833. The molecule has 0 fully saturated rings. The van der Waals surface area contributed by atoms with Crippen molar-refractivity contribution in [3.63, 3.8) is 0 Å². The van der Waals surface area contributed by atoms with Crippen molar-refractivity contribution in [3.05, 3.63) is 0 Å². The van der Waals surface area contributed by atoms with Gasteiger partial charge in [0.05, 0.1) is 12.5 Å². The number of esters is 1. The number of carbonyl (C=O) groups is 1. The van der Waals surface area contributed by atoms with Gasteiger partial charge in [0.25, 0.3) is 0 Å². The van der Waals surface area contributed by atoms with E-state index in [2.05, 4.69) is 0 Å². The molecule has 0 spiro atoms. The van der Waals surface area contributed by atoms with Crippen molar-refractivity contribution < 1.29 is 40.5 Å². The molecule has 1 unspecified atom stereocenters. The third-order valence-electron chi connectivity index (χ3n) is 1.30. The van der Waals surface area contributed by atoms with E-state index in [1.807, 2.05) is 20.8 Å². The summed E-state index contributed by atoms with van der Waals surface area (Å²) in [6.45, 7) is 6.16. The van der Waals surface area contributed by atoms with Crippen molar-refractivity contribution in [1.29, 1.82) is 0 Å². The van der Waals surface area contributed by atoms with Crippen LogP contribution in [0.25, 0.3) is 0 Å². The molecule has 3 heteroatoms. The van der Waals surface area contributed by atoms with Crippen molar-refractivity contribution in [2.75, 3.05) is 6.61 Å². The van der Waals surface area contributed by atoms with Crippen LogP contribution < -0.4 is 29.6 Å². The third kappa shape index (κ3) is 5.27. The maximum atomic E-state index is 10.8. The van der Waals surface area contributed by atoms with Gasteiger partial charge in [0.2, 0.25) is 0 Å². The second-order valence-corrected chi connectivity index (χ2v) is 2.06. The summed E-state index contributed by atoms with van der Waals surface area (Å²) in [5, 5.41) is 0. The molecular formula is C7H15NaO2. The zero-order chi connectivity index (χ0) is 7.28. The maximum absolute atomic E-state index is 10.8. The first kappa shape index (κ1) is 13.1. The molecule has 0 aromatic rings. The largest absolute Gasteiger partial charge is 1.00 e. The fourth-order valence-electron chi connectivity index (χ4n) is 0.451. The predicted octanol–water partition coefficient (Wildman–Crippen LogP) is -1.29. The van der Waals surface area contributed by atoms with Crippen molar-refractivity contribution in [3.8, 4) is 0 Å². The van der Waals surface area contributed by atoms with Gasteiger partial charge >= 0.3 is 35.5 Å². The van der Waals surface area contributed by atoms with Crippen molar-refractivity contribution in [2.24, 2.45) is 5.92 Å². The van der Waals surface area contributed by atoms with Crippen molar-refractivity contribution in [2.45, 2.75) is 27.2 Å². The van der Waals surface area contributed by atoms with Crippen LogP contribution in [0.15, 0.2) is 0 Å². The summed E-state index contributed by atoms with van der Waals surface area (Å²) in [6.07, 6.45) is 0.860. The molecule has 0 aromatic heterocycles. The SMILES string of the molecule is CCOC(=O)C(C)CC.[H-].[Na+]. The van der Waals surface area contributed by atoms with Gasteiger partial charge in [-0.2, -0.15) is 0 Å². The smallest absolute Gasteiger partial charge is 1.00 e. The monoisotopic (exact) mass is 154 g/mol. The molecule has 0 saturated heterocycles. The Labute approximate surface area is 86.1 Å². The molecule has 0 radical (unpaired) electrons. The normalized spacial score (nSPS) is 11.5. The van der Waals surface area contributed by atoms with Crippen LogP contribution in [0.4, 0.5) is 0 Å². The minimum Gasteiger partial charge on any atom is -1.00 e. The Hall–Kier alpha value is 0.470. The van der Waals surface area contributed by atoms with E-state index in [4.69, 9.17) is 4.74 Å². The number of hydrogen-bond donors (Lipinski definition) is 0. The summed E-state index contributed by atoms with van der Waals surface area (Å²) in [5.74, 6) is -0.0232. The Morgan fingerprint density at radius 2 is 2.10 bits per heavy atom. The molecule has 0 bridgehead atoms. The van der Waals surface area contributed by atoms with E-state index in [1.54, 1.807) is 0 Å².